The van der Waals surface area contributed by atoms with E-state index in [1.54, 1.807) is 6.20 Å². The van der Waals surface area contributed by atoms with Crippen molar-refractivity contribution in [2.75, 3.05) is 36.4 Å². The number of amides is 1. The first kappa shape index (κ1) is 22.3. The lowest BCUT2D eigenvalue weighted by Crippen LogP contribution is -2.49. The fourth-order valence-electron chi connectivity index (χ4n) is 4.00. The summed E-state index contributed by atoms with van der Waals surface area (Å²) in [6.45, 7) is 4.39. The molecule has 5 rings (SSSR count). The van der Waals surface area contributed by atoms with Crippen molar-refractivity contribution in [1.29, 1.82) is 0 Å². The monoisotopic (exact) mass is 466 g/mol. The molecule has 0 saturated carbocycles. The molecule has 0 unspecified atom stereocenters. The number of para-hydroxylation sites is 2. The predicted octanol–water partition coefficient (Wildman–Crippen LogP) is 4.68. The summed E-state index contributed by atoms with van der Waals surface area (Å²) in [5.74, 6) is 4.14. The maximum absolute atomic E-state index is 13.4. The van der Waals surface area contributed by atoms with Crippen LogP contribution in [0, 0.1) is 6.92 Å². The highest BCUT2D eigenvalue weighted by Gasteiger charge is 2.25. The number of aryl methyl sites for hydroxylation is 1. The van der Waals surface area contributed by atoms with Gasteiger partial charge in [0.2, 0.25) is 0 Å². The van der Waals surface area contributed by atoms with Gasteiger partial charge in [-0.05, 0) is 43.3 Å². The summed E-state index contributed by atoms with van der Waals surface area (Å²) < 4.78 is 6.00. The number of rotatable bonds is 6. The quantitative estimate of drug-likeness (QED) is 0.442. The van der Waals surface area contributed by atoms with Gasteiger partial charge in [0.1, 0.15) is 34.8 Å². The van der Waals surface area contributed by atoms with Crippen molar-refractivity contribution in [1.82, 2.24) is 19.9 Å². The number of piperazine rings is 1. The van der Waals surface area contributed by atoms with Crippen LogP contribution in [0.2, 0.25) is 0 Å². The van der Waals surface area contributed by atoms with Gasteiger partial charge < -0.3 is 19.9 Å². The number of pyridine rings is 1. The third-order valence-corrected chi connectivity index (χ3v) is 5.72. The Morgan fingerprint density at radius 2 is 1.60 bits per heavy atom. The van der Waals surface area contributed by atoms with E-state index in [0.717, 1.165) is 11.6 Å². The van der Waals surface area contributed by atoms with E-state index in [9.17, 15) is 4.79 Å². The number of hydrogen-bond acceptors (Lipinski definition) is 7. The highest BCUT2D eigenvalue weighted by atomic mass is 16.5. The fraction of sp³-hybridized carbons (Fsp3) is 0.185. The Hall–Kier alpha value is -4.46. The normalized spacial score (nSPS) is 13.4. The molecule has 2 aromatic carbocycles. The van der Waals surface area contributed by atoms with Gasteiger partial charge in [0.15, 0.2) is 0 Å². The zero-order valence-corrected chi connectivity index (χ0v) is 19.5. The van der Waals surface area contributed by atoms with Crippen LogP contribution in [0.3, 0.4) is 0 Å². The Morgan fingerprint density at radius 3 is 2.37 bits per heavy atom. The third kappa shape index (κ3) is 5.38. The highest BCUT2D eigenvalue weighted by Crippen LogP contribution is 2.27. The van der Waals surface area contributed by atoms with Crippen LogP contribution in [0.15, 0.2) is 85.1 Å². The van der Waals surface area contributed by atoms with Crippen LogP contribution >= 0.6 is 0 Å². The average molecular weight is 467 g/mol. The number of nitrogens with zero attached hydrogens (tertiary/aromatic N) is 5. The summed E-state index contributed by atoms with van der Waals surface area (Å²) in [7, 11) is 0. The zero-order valence-electron chi connectivity index (χ0n) is 19.5. The van der Waals surface area contributed by atoms with Crippen LogP contribution in [0.4, 0.5) is 17.5 Å². The number of nitrogens with one attached hydrogen (secondary N) is 1. The van der Waals surface area contributed by atoms with Crippen LogP contribution in [0.1, 0.15) is 16.2 Å². The molecule has 1 fully saturated rings. The molecule has 3 heterocycles. The second-order valence-electron chi connectivity index (χ2n) is 8.19. The van der Waals surface area contributed by atoms with Crippen LogP contribution in [-0.2, 0) is 0 Å². The van der Waals surface area contributed by atoms with Crippen molar-refractivity contribution in [2.45, 2.75) is 6.92 Å². The van der Waals surface area contributed by atoms with Gasteiger partial charge in [-0.3, -0.25) is 4.79 Å². The lowest BCUT2D eigenvalue weighted by Gasteiger charge is -2.35. The summed E-state index contributed by atoms with van der Waals surface area (Å²) in [5, 5.41) is 3.23. The lowest BCUT2D eigenvalue weighted by atomic mass is 10.1. The van der Waals surface area contributed by atoms with Gasteiger partial charge in [0.25, 0.3) is 5.91 Å². The van der Waals surface area contributed by atoms with Crippen molar-refractivity contribution >= 4 is 23.4 Å². The van der Waals surface area contributed by atoms with Gasteiger partial charge in [-0.25, -0.2) is 15.0 Å². The van der Waals surface area contributed by atoms with E-state index < -0.39 is 0 Å². The van der Waals surface area contributed by atoms with Crippen molar-refractivity contribution in [3.8, 4) is 11.5 Å². The van der Waals surface area contributed by atoms with E-state index in [1.165, 1.54) is 0 Å². The van der Waals surface area contributed by atoms with E-state index in [1.807, 2.05) is 90.7 Å². The number of carbonyl (C=O) groups excluding carboxylic acids is 1. The number of hydrogen-bond donors (Lipinski definition) is 1. The van der Waals surface area contributed by atoms with Gasteiger partial charge in [0.05, 0.1) is 5.56 Å². The van der Waals surface area contributed by atoms with Gasteiger partial charge in [0, 0.05) is 38.4 Å². The molecular formula is C27H26N6O2. The molecule has 1 amide bonds. The lowest BCUT2D eigenvalue weighted by molar-refractivity contribution is 0.0744. The fourth-order valence-corrected chi connectivity index (χ4v) is 4.00. The maximum Gasteiger partial charge on any atom is 0.257 e. The molecule has 176 valence electrons. The predicted molar refractivity (Wildman–Crippen MR) is 135 cm³/mol. The van der Waals surface area contributed by atoms with Crippen LogP contribution < -0.4 is 15.0 Å². The number of benzene rings is 2. The molecule has 1 aliphatic heterocycles. The van der Waals surface area contributed by atoms with Crippen LogP contribution in [0.25, 0.3) is 0 Å². The number of carbonyl (C=O) groups is 1. The summed E-state index contributed by atoms with van der Waals surface area (Å²) in [6, 6.07) is 24.5. The third-order valence-electron chi connectivity index (χ3n) is 5.72. The topological polar surface area (TPSA) is 83.5 Å². The molecule has 8 heteroatoms. The Kier molecular flexibility index (Phi) is 6.52. The molecule has 0 radical (unpaired) electrons. The van der Waals surface area contributed by atoms with Crippen molar-refractivity contribution < 1.29 is 9.53 Å². The van der Waals surface area contributed by atoms with Gasteiger partial charge in [-0.15, -0.1) is 0 Å². The largest absolute Gasteiger partial charge is 0.457 e. The molecule has 4 aromatic rings. The summed E-state index contributed by atoms with van der Waals surface area (Å²) in [5.41, 5.74) is 0.560. The average Bonchev–Trinajstić information content (AvgIpc) is 2.90. The molecule has 1 aliphatic rings. The Bertz CT molecular complexity index is 1290. The van der Waals surface area contributed by atoms with Crippen molar-refractivity contribution in [2.24, 2.45) is 0 Å². The summed E-state index contributed by atoms with van der Waals surface area (Å²) >= 11 is 0. The molecule has 0 aliphatic carbocycles. The number of anilines is 3. The Labute approximate surface area is 204 Å². The molecule has 2 aromatic heterocycles. The van der Waals surface area contributed by atoms with Crippen molar-refractivity contribution in [3.05, 3.63) is 96.4 Å². The first-order chi connectivity index (χ1) is 17.2. The first-order valence-corrected chi connectivity index (χ1v) is 11.6. The number of aromatic nitrogens is 3. The van der Waals surface area contributed by atoms with Crippen LogP contribution in [-0.4, -0.2) is 51.9 Å². The standard InChI is InChI=1S/C27H26N6O2/c1-20-29-25(31-24-13-7-8-14-28-24)19-26(30-20)32-15-17-33(18-16-32)27(34)22-11-5-6-12-23(22)35-21-9-3-2-4-10-21/h2-14,19H,15-18H2,1H3,(H,28,29,30,31). The summed E-state index contributed by atoms with van der Waals surface area (Å²) in [4.78, 5) is 30.8. The molecule has 35 heavy (non-hydrogen) atoms. The molecule has 0 bridgehead atoms. The van der Waals surface area contributed by atoms with E-state index in [2.05, 4.69) is 25.2 Å². The van der Waals surface area contributed by atoms with E-state index in [4.69, 9.17) is 4.74 Å². The number of ether oxygens (including phenoxy) is 1. The van der Waals surface area contributed by atoms with Crippen molar-refractivity contribution in [3.63, 3.8) is 0 Å². The summed E-state index contributed by atoms with van der Waals surface area (Å²) in [6.07, 6.45) is 1.73. The first-order valence-electron chi connectivity index (χ1n) is 11.6. The molecule has 1 N–H and O–H groups in total. The molecule has 0 spiro atoms. The highest BCUT2D eigenvalue weighted by molar-refractivity contribution is 5.97. The van der Waals surface area contributed by atoms with Gasteiger partial charge in [-0.2, -0.15) is 0 Å². The van der Waals surface area contributed by atoms with E-state index in [0.29, 0.717) is 54.9 Å². The minimum Gasteiger partial charge on any atom is -0.457 e. The minimum absolute atomic E-state index is 0.0347. The SMILES string of the molecule is Cc1nc(Nc2ccccn2)cc(N2CCN(C(=O)c3ccccc3Oc3ccccc3)CC2)n1. The van der Waals surface area contributed by atoms with E-state index >= 15 is 0 Å². The Balaban J connectivity index is 1.26. The molecule has 8 nitrogen and oxygen atoms in total. The second kappa shape index (κ2) is 10.2. The molecule has 0 atom stereocenters. The maximum atomic E-state index is 13.4. The van der Waals surface area contributed by atoms with Gasteiger partial charge >= 0.3 is 0 Å². The van der Waals surface area contributed by atoms with E-state index in [-0.39, 0.29) is 5.91 Å². The Morgan fingerprint density at radius 1 is 0.857 bits per heavy atom. The molecule has 1 saturated heterocycles. The van der Waals surface area contributed by atoms with Gasteiger partial charge in [-0.1, -0.05) is 36.4 Å². The minimum atomic E-state index is -0.0347. The zero-order chi connectivity index (χ0) is 24.0. The van der Waals surface area contributed by atoms with Crippen LogP contribution in [0.5, 0.6) is 11.5 Å². The second-order valence-corrected chi connectivity index (χ2v) is 8.19. The smallest absolute Gasteiger partial charge is 0.257 e. The molecular weight excluding hydrogens is 440 g/mol.